The van der Waals surface area contributed by atoms with Crippen LogP contribution >= 0.6 is 0 Å². The van der Waals surface area contributed by atoms with Crippen LogP contribution in [0.15, 0.2) is 48.5 Å². The van der Waals surface area contributed by atoms with E-state index in [2.05, 4.69) is 20.8 Å². The zero-order valence-corrected chi connectivity index (χ0v) is 12.6. The molecule has 1 aliphatic heterocycles. The van der Waals surface area contributed by atoms with Crippen LogP contribution in [0.5, 0.6) is 0 Å². The van der Waals surface area contributed by atoms with Gasteiger partial charge in [-0.05, 0) is 41.6 Å². The molecule has 6 heteroatoms. The van der Waals surface area contributed by atoms with E-state index in [1.807, 2.05) is 55.5 Å². The van der Waals surface area contributed by atoms with Crippen molar-refractivity contribution < 1.29 is 5.11 Å². The highest BCUT2D eigenvalue weighted by Crippen LogP contribution is 2.33. The third-order valence-electron chi connectivity index (χ3n) is 3.94. The lowest BCUT2D eigenvalue weighted by molar-refractivity contribution is 0.511. The summed E-state index contributed by atoms with van der Waals surface area (Å²) in [7, 11) is 0. The Bertz CT molecular complexity index is 895. The average molecular weight is 305 g/mol. The van der Waals surface area contributed by atoms with Crippen molar-refractivity contribution in [3.8, 4) is 5.69 Å². The topological polar surface area (TPSA) is 75.9 Å². The molecule has 1 aliphatic rings. The monoisotopic (exact) mass is 305 g/mol. The predicted molar refractivity (Wildman–Crippen MR) is 88.3 cm³/mol. The number of hydrogen-bond acceptors (Lipinski definition) is 5. The Kier molecular flexibility index (Phi) is 3.08. The van der Waals surface area contributed by atoms with Crippen molar-refractivity contribution in [1.82, 2.24) is 20.2 Å². The molecule has 3 aromatic rings. The average Bonchev–Trinajstić information content (AvgIpc) is 3.05. The van der Waals surface area contributed by atoms with Gasteiger partial charge in [-0.3, -0.25) is 0 Å². The van der Waals surface area contributed by atoms with E-state index >= 15 is 0 Å². The second kappa shape index (κ2) is 5.24. The summed E-state index contributed by atoms with van der Waals surface area (Å²) >= 11 is 0. The zero-order chi connectivity index (χ0) is 15.8. The predicted octanol–water partition coefficient (Wildman–Crippen LogP) is 2.82. The van der Waals surface area contributed by atoms with E-state index in [4.69, 9.17) is 0 Å². The molecule has 114 valence electrons. The molecule has 0 amide bonds. The number of nitrogens with one attached hydrogen (secondary N) is 1. The van der Waals surface area contributed by atoms with Gasteiger partial charge in [-0.1, -0.05) is 29.8 Å². The summed E-state index contributed by atoms with van der Waals surface area (Å²) < 4.78 is 1.64. The number of aliphatic hydroxyl groups excluding tert-OH is 1. The molecular formula is C17H15N5O. The van der Waals surface area contributed by atoms with Crippen LogP contribution in [0.1, 0.15) is 17.0 Å². The van der Waals surface area contributed by atoms with Crippen LogP contribution in [-0.4, -0.2) is 31.9 Å². The van der Waals surface area contributed by atoms with Gasteiger partial charge in [0.05, 0.1) is 11.3 Å². The van der Waals surface area contributed by atoms with Gasteiger partial charge >= 0.3 is 0 Å². The van der Waals surface area contributed by atoms with Crippen LogP contribution in [0, 0.1) is 6.92 Å². The Labute approximate surface area is 133 Å². The minimum absolute atomic E-state index is 0.211. The van der Waals surface area contributed by atoms with E-state index in [9.17, 15) is 5.11 Å². The number of para-hydroxylation sites is 1. The summed E-state index contributed by atoms with van der Waals surface area (Å²) in [6.45, 7) is 2.50. The van der Waals surface area contributed by atoms with Gasteiger partial charge in [-0.25, -0.2) is 0 Å². The van der Waals surface area contributed by atoms with Crippen molar-refractivity contribution in [2.75, 3.05) is 11.9 Å². The molecule has 6 nitrogen and oxygen atoms in total. The van der Waals surface area contributed by atoms with Crippen LogP contribution in [-0.2, 0) is 0 Å². The van der Waals surface area contributed by atoms with E-state index < -0.39 is 0 Å². The summed E-state index contributed by atoms with van der Waals surface area (Å²) in [4.78, 5) is 0. The summed E-state index contributed by atoms with van der Waals surface area (Å²) in [5, 5.41) is 25.9. The van der Waals surface area contributed by atoms with E-state index in [-0.39, 0.29) is 5.76 Å². The number of anilines is 1. The van der Waals surface area contributed by atoms with Gasteiger partial charge in [-0.15, -0.1) is 5.10 Å². The highest BCUT2D eigenvalue weighted by atomic mass is 16.3. The quantitative estimate of drug-likeness (QED) is 0.761. The maximum atomic E-state index is 10.6. The number of aromatic nitrogens is 4. The van der Waals surface area contributed by atoms with Crippen LogP contribution in [0.4, 0.5) is 5.69 Å². The number of aliphatic hydroxyl groups is 1. The van der Waals surface area contributed by atoms with Gasteiger partial charge in [0.25, 0.3) is 0 Å². The molecule has 4 rings (SSSR count). The smallest absolute Gasteiger partial charge is 0.188 e. The normalized spacial score (nSPS) is 13.6. The fourth-order valence-electron chi connectivity index (χ4n) is 2.69. The SMILES string of the molecule is Cc1ccc(-n2nnnc2C2=C(O)c3ccccc3NC2)cc1. The summed E-state index contributed by atoms with van der Waals surface area (Å²) in [5.74, 6) is 0.746. The van der Waals surface area contributed by atoms with Crippen molar-refractivity contribution >= 4 is 17.0 Å². The Balaban J connectivity index is 1.84. The van der Waals surface area contributed by atoms with E-state index in [1.54, 1.807) is 4.68 Å². The fourth-order valence-corrected chi connectivity index (χ4v) is 2.69. The van der Waals surface area contributed by atoms with E-state index in [0.29, 0.717) is 17.9 Å². The number of aryl methyl sites for hydroxylation is 1. The first-order chi connectivity index (χ1) is 11.2. The number of nitrogens with zero attached hydrogens (tertiary/aromatic N) is 4. The Morgan fingerprint density at radius 3 is 2.70 bits per heavy atom. The molecular weight excluding hydrogens is 290 g/mol. The number of rotatable bonds is 2. The van der Waals surface area contributed by atoms with Crippen molar-refractivity contribution in [3.63, 3.8) is 0 Å². The first-order valence-electron chi connectivity index (χ1n) is 7.35. The lowest BCUT2D eigenvalue weighted by atomic mass is 10.0. The molecule has 0 radical (unpaired) electrons. The number of tetrazole rings is 1. The maximum absolute atomic E-state index is 10.6. The lowest BCUT2D eigenvalue weighted by Crippen LogP contribution is -2.16. The van der Waals surface area contributed by atoms with Crippen molar-refractivity contribution in [3.05, 3.63) is 65.5 Å². The van der Waals surface area contributed by atoms with Crippen LogP contribution in [0.2, 0.25) is 0 Å². The highest BCUT2D eigenvalue weighted by Gasteiger charge is 2.23. The van der Waals surface area contributed by atoms with Crippen molar-refractivity contribution in [1.29, 1.82) is 0 Å². The largest absolute Gasteiger partial charge is 0.507 e. The third-order valence-corrected chi connectivity index (χ3v) is 3.94. The first-order valence-corrected chi connectivity index (χ1v) is 7.35. The number of fused-ring (bicyclic) bond motifs is 1. The molecule has 0 unspecified atom stereocenters. The van der Waals surface area contributed by atoms with Gasteiger partial charge in [0.2, 0.25) is 0 Å². The first kappa shape index (κ1) is 13.5. The van der Waals surface area contributed by atoms with Gasteiger partial charge in [0.1, 0.15) is 5.76 Å². The highest BCUT2D eigenvalue weighted by molar-refractivity contribution is 5.93. The molecule has 0 fully saturated rings. The molecule has 0 atom stereocenters. The van der Waals surface area contributed by atoms with Gasteiger partial charge in [-0.2, -0.15) is 4.68 Å². The van der Waals surface area contributed by atoms with Crippen molar-refractivity contribution in [2.24, 2.45) is 0 Å². The summed E-state index contributed by atoms with van der Waals surface area (Å²) in [5.41, 5.74) is 4.36. The van der Waals surface area contributed by atoms with Gasteiger partial charge in [0.15, 0.2) is 5.82 Å². The standard InChI is InChI=1S/C17H15N5O/c1-11-6-8-12(9-7-11)22-17(19-20-21-22)14-10-18-15-5-3-2-4-13(15)16(14)23/h2-9,18,23H,10H2,1H3. The molecule has 0 saturated heterocycles. The Hall–Kier alpha value is -3.15. The van der Waals surface area contributed by atoms with E-state index in [0.717, 1.165) is 16.9 Å². The molecule has 0 bridgehead atoms. The molecule has 23 heavy (non-hydrogen) atoms. The second-order valence-electron chi connectivity index (χ2n) is 5.48. The molecule has 0 spiro atoms. The van der Waals surface area contributed by atoms with Gasteiger partial charge < -0.3 is 10.4 Å². The third kappa shape index (κ3) is 2.24. The summed E-state index contributed by atoms with van der Waals surface area (Å²) in [6, 6.07) is 15.5. The minimum Gasteiger partial charge on any atom is -0.507 e. The fraction of sp³-hybridized carbons (Fsp3) is 0.118. The number of benzene rings is 2. The Morgan fingerprint density at radius 2 is 1.87 bits per heavy atom. The molecule has 2 aromatic carbocycles. The van der Waals surface area contributed by atoms with Crippen LogP contribution in [0.3, 0.4) is 0 Å². The second-order valence-corrected chi connectivity index (χ2v) is 5.48. The zero-order valence-electron chi connectivity index (χ0n) is 12.6. The number of hydrogen-bond donors (Lipinski definition) is 2. The molecule has 2 heterocycles. The van der Waals surface area contributed by atoms with Gasteiger partial charge in [0, 0.05) is 17.8 Å². The molecule has 2 N–H and O–H groups in total. The molecule has 0 aliphatic carbocycles. The van der Waals surface area contributed by atoms with Crippen molar-refractivity contribution in [2.45, 2.75) is 6.92 Å². The lowest BCUT2D eigenvalue weighted by Gasteiger charge is -2.20. The minimum atomic E-state index is 0.211. The maximum Gasteiger partial charge on any atom is 0.188 e. The van der Waals surface area contributed by atoms with Crippen LogP contribution in [0.25, 0.3) is 17.0 Å². The van der Waals surface area contributed by atoms with Crippen LogP contribution < -0.4 is 5.32 Å². The Morgan fingerprint density at radius 1 is 1.09 bits per heavy atom. The molecule has 1 aromatic heterocycles. The summed E-state index contributed by atoms with van der Waals surface area (Å²) in [6.07, 6.45) is 0. The molecule has 0 saturated carbocycles. The van der Waals surface area contributed by atoms with E-state index in [1.165, 1.54) is 5.56 Å².